The first-order chi connectivity index (χ1) is 17.6. The summed E-state index contributed by atoms with van der Waals surface area (Å²) in [6.07, 6.45) is 6.69. The molecule has 3 aromatic rings. The molecular formula is C28H30N2O6. The summed E-state index contributed by atoms with van der Waals surface area (Å²) in [4.78, 5) is 29.1. The van der Waals surface area contributed by atoms with E-state index < -0.39 is 6.04 Å². The fourth-order valence-electron chi connectivity index (χ4n) is 4.84. The SMILES string of the molecule is COc1ccc([C@@H](C(=O)NC2CCCCC2)N(Cc2ccc3c(c2)OCO3)C(=O)c2ccco2)cc1. The van der Waals surface area contributed by atoms with Crippen LogP contribution in [0, 0.1) is 0 Å². The van der Waals surface area contributed by atoms with Crippen LogP contribution in [0.5, 0.6) is 17.2 Å². The van der Waals surface area contributed by atoms with E-state index in [4.69, 9.17) is 18.6 Å². The van der Waals surface area contributed by atoms with Crippen LogP contribution >= 0.6 is 0 Å². The Morgan fingerprint density at radius 2 is 1.81 bits per heavy atom. The van der Waals surface area contributed by atoms with Gasteiger partial charge >= 0.3 is 0 Å². The van der Waals surface area contributed by atoms with Crippen LogP contribution in [0.2, 0.25) is 0 Å². The Bertz CT molecular complexity index is 1190. The molecule has 0 unspecified atom stereocenters. The van der Waals surface area contributed by atoms with E-state index in [0.29, 0.717) is 22.8 Å². The van der Waals surface area contributed by atoms with Gasteiger partial charge in [-0.1, -0.05) is 37.5 Å². The van der Waals surface area contributed by atoms with Gasteiger partial charge in [-0.2, -0.15) is 0 Å². The fourth-order valence-corrected chi connectivity index (χ4v) is 4.84. The van der Waals surface area contributed by atoms with Crippen molar-refractivity contribution in [2.24, 2.45) is 0 Å². The number of amides is 2. The lowest BCUT2D eigenvalue weighted by Gasteiger charge is -2.33. The number of rotatable bonds is 8. The second-order valence-electron chi connectivity index (χ2n) is 9.12. The van der Waals surface area contributed by atoms with Crippen LogP contribution in [0.3, 0.4) is 0 Å². The third kappa shape index (κ3) is 5.17. The van der Waals surface area contributed by atoms with E-state index >= 15 is 0 Å². The Morgan fingerprint density at radius 1 is 1.03 bits per heavy atom. The first-order valence-electron chi connectivity index (χ1n) is 12.3. The van der Waals surface area contributed by atoms with Gasteiger partial charge in [0.15, 0.2) is 17.3 Å². The molecular weight excluding hydrogens is 460 g/mol. The molecule has 1 aromatic heterocycles. The second kappa shape index (κ2) is 10.8. The number of nitrogens with zero attached hydrogens (tertiary/aromatic N) is 1. The highest BCUT2D eigenvalue weighted by molar-refractivity contribution is 5.96. The molecule has 1 fully saturated rings. The maximum Gasteiger partial charge on any atom is 0.290 e. The molecule has 0 radical (unpaired) electrons. The number of hydrogen-bond acceptors (Lipinski definition) is 6. The maximum absolute atomic E-state index is 13.8. The average Bonchev–Trinajstić information content (AvgIpc) is 3.61. The topological polar surface area (TPSA) is 90.2 Å². The quantitative estimate of drug-likeness (QED) is 0.486. The summed E-state index contributed by atoms with van der Waals surface area (Å²) < 4.78 is 21.7. The Hall–Kier alpha value is -3.94. The molecule has 0 spiro atoms. The zero-order valence-corrected chi connectivity index (χ0v) is 20.3. The zero-order chi connectivity index (χ0) is 24.9. The molecule has 8 nitrogen and oxygen atoms in total. The Balaban J connectivity index is 1.52. The van der Waals surface area contributed by atoms with E-state index in [0.717, 1.165) is 31.2 Å². The first kappa shape index (κ1) is 23.8. The van der Waals surface area contributed by atoms with Crippen LogP contribution in [0.1, 0.15) is 59.8 Å². The average molecular weight is 491 g/mol. The minimum absolute atomic E-state index is 0.0955. The molecule has 0 saturated heterocycles. The molecule has 0 bridgehead atoms. The van der Waals surface area contributed by atoms with Gasteiger partial charge in [-0.05, 0) is 60.4 Å². The predicted octanol–water partition coefficient (Wildman–Crippen LogP) is 4.85. The largest absolute Gasteiger partial charge is 0.497 e. The lowest BCUT2D eigenvalue weighted by atomic mass is 9.94. The number of nitrogens with one attached hydrogen (secondary N) is 1. The van der Waals surface area contributed by atoms with Gasteiger partial charge in [0.1, 0.15) is 11.8 Å². The Labute approximate surface area is 210 Å². The summed E-state index contributed by atoms with van der Waals surface area (Å²) >= 11 is 0. The molecule has 1 aliphatic heterocycles. The lowest BCUT2D eigenvalue weighted by Crippen LogP contribution is -2.46. The summed E-state index contributed by atoms with van der Waals surface area (Å²) in [6.45, 7) is 0.330. The highest BCUT2D eigenvalue weighted by atomic mass is 16.7. The van der Waals surface area contributed by atoms with Gasteiger partial charge in [-0.15, -0.1) is 0 Å². The second-order valence-corrected chi connectivity index (χ2v) is 9.12. The maximum atomic E-state index is 13.8. The number of hydrogen-bond donors (Lipinski definition) is 1. The molecule has 2 aliphatic rings. The number of ether oxygens (including phenoxy) is 3. The van der Waals surface area contributed by atoms with Crippen LogP contribution in [-0.4, -0.2) is 36.7 Å². The van der Waals surface area contributed by atoms with Crippen LogP contribution < -0.4 is 19.5 Å². The molecule has 36 heavy (non-hydrogen) atoms. The van der Waals surface area contributed by atoms with Gasteiger partial charge in [0, 0.05) is 12.6 Å². The lowest BCUT2D eigenvalue weighted by molar-refractivity contribution is -0.127. The standard InChI is InChI=1S/C28H30N2O6/c1-33-22-12-10-20(11-13-22)26(27(31)29-21-6-3-2-4-7-21)30(28(32)24-8-5-15-34-24)17-19-9-14-23-25(16-19)36-18-35-23/h5,8-16,21,26H,2-4,6-7,17-18H2,1H3,(H,29,31)/t26-/m0/s1. The van der Waals surface area contributed by atoms with Gasteiger partial charge in [-0.3, -0.25) is 9.59 Å². The van der Waals surface area contributed by atoms with Gasteiger partial charge < -0.3 is 28.8 Å². The van der Waals surface area contributed by atoms with Crippen molar-refractivity contribution in [2.75, 3.05) is 13.9 Å². The minimum Gasteiger partial charge on any atom is -0.497 e. The summed E-state index contributed by atoms with van der Waals surface area (Å²) in [5, 5.41) is 3.21. The van der Waals surface area contributed by atoms with Crippen molar-refractivity contribution in [2.45, 2.75) is 50.7 Å². The molecule has 2 amide bonds. The Morgan fingerprint density at radius 3 is 2.53 bits per heavy atom. The number of furan rings is 1. The van der Waals surface area contributed by atoms with E-state index in [2.05, 4.69) is 5.32 Å². The van der Waals surface area contributed by atoms with Crippen molar-refractivity contribution in [1.29, 1.82) is 0 Å². The van der Waals surface area contributed by atoms with Crippen molar-refractivity contribution in [3.63, 3.8) is 0 Å². The van der Waals surface area contributed by atoms with Crippen LogP contribution in [-0.2, 0) is 11.3 Å². The van der Waals surface area contributed by atoms with Crippen molar-refractivity contribution >= 4 is 11.8 Å². The third-order valence-corrected chi connectivity index (χ3v) is 6.73. The third-order valence-electron chi connectivity index (χ3n) is 6.73. The van der Waals surface area contributed by atoms with E-state index in [-0.39, 0.29) is 37.0 Å². The summed E-state index contributed by atoms with van der Waals surface area (Å²) in [6, 6.07) is 15.3. The van der Waals surface area contributed by atoms with Gasteiger partial charge in [0.25, 0.3) is 5.91 Å². The smallest absolute Gasteiger partial charge is 0.290 e. The first-order valence-corrected chi connectivity index (χ1v) is 12.3. The van der Waals surface area contributed by atoms with Crippen LogP contribution in [0.25, 0.3) is 0 Å². The van der Waals surface area contributed by atoms with Gasteiger partial charge in [0.05, 0.1) is 13.4 Å². The van der Waals surface area contributed by atoms with Crippen molar-refractivity contribution in [1.82, 2.24) is 10.2 Å². The molecule has 1 N–H and O–H groups in total. The van der Waals surface area contributed by atoms with Crippen LogP contribution in [0.4, 0.5) is 0 Å². The normalized spacial score (nSPS) is 15.8. The number of benzene rings is 2. The number of fused-ring (bicyclic) bond motifs is 1. The van der Waals surface area contributed by atoms with Crippen LogP contribution in [0.15, 0.2) is 65.3 Å². The fraction of sp³-hybridized carbons (Fsp3) is 0.357. The monoisotopic (exact) mass is 490 g/mol. The molecule has 188 valence electrons. The summed E-state index contributed by atoms with van der Waals surface area (Å²) in [7, 11) is 1.59. The van der Waals surface area contributed by atoms with Gasteiger partial charge in [-0.25, -0.2) is 0 Å². The minimum atomic E-state index is -0.874. The Kier molecular flexibility index (Phi) is 7.11. The van der Waals surface area contributed by atoms with E-state index in [1.165, 1.54) is 12.7 Å². The van der Waals surface area contributed by atoms with E-state index in [1.807, 2.05) is 30.3 Å². The number of carbonyl (C=O) groups is 2. The van der Waals surface area contributed by atoms with Gasteiger partial charge in [0.2, 0.25) is 12.7 Å². The van der Waals surface area contributed by atoms with Crippen molar-refractivity contribution in [3.05, 3.63) is 77.7 Å². The van der Waals surface area contributed by atoms with Crippen molar-refractivity contribution in [3.8, 4) is 17.2 Å². The number of methoxy groups -OCH3 is 1. The highest BCUT2D eigenvalue weighted by Crippen LogP contribution is 2.34. The van der Waals surface area contributed by atoms with E-state index in [9.17, 15) is 9.59 Å². The molecule has 2 aromatic carbocycles. The zero-order valence-electron chi connectivity index (χ0n) is 20.3. The molecule has 1 aliphatic carbocycles. The predicted molar refractivity (Wildman–Crippen MR) is 132 cm³/mol. The summed E-state index contributed by atoms with van der Waals surface area (Å²) in [5.41, 5.74) is 1.49. The molecule has 1 atom stereocenters. The summed E-state index contributed by atoms with van der Waals surface area (Å²) in [5.74, 6) is 1.52. The molecule has 8 heteroatoms. The molecule has 2 heterocycles. The highest BCUT2D eigenvalue weighted by Gasteiger charge is 2.35. The van der Waals surface area contributed by atoms with Crippen molar-refractivity contribution < 1.29 is 28.2 Å². The van der Waals surface area contributed by atoms with E-state index in [1.54, 1.807) is 36.3 Å². The molecule has 5 rings (SSSR count). The molecule has 1 saturated carbocycles. The number of carbonyl (C=O) groups excluding carboxylic acids is 2.